The SMILES string of the molecule is O=C1N[C@H]2[C@@H]3NC(=O)c4ccc(Br)n4[C@@H]3C[C@@]2(O)N1. The first-order valence-corrected chi connectivity index (χ1v) is 6.77. The number of rotatable bonds is 0. The van der Waals surface area contributed by atoms with E-state index in [9.17, 15) is 14.7 Å². The molecule has 0 radical (unpaired) electrons. The predicted octanol–water partition coefficient (Wildman–Crippen LogP) is -0.323. The van der Waals surface area contributed by atoms with Crippen LogP contribution in [-0.4, -0.2) is 39.4 Å². The van der Waals surface area contributed by atoms with Crippen molar-refractivity contribution in [2.24, 2.45) is 0 Å². The number of amides is 3. The van der Waals surface area contributed by atoms with Gasteiger partial charge in [0.25, 0.3) is 5.91 Å². The van der Waals surface area contributed by atoms with Gasteiger partial charge in [0.1, 0.15) is 11.7 Å². The van der Waals surface area contributed by atoms with Crippen molar-refractivity contribution in [2.45, 2.75) is 30.3 Å². The molecule has 1 aromatic rings. The third-order valence-electron chi connectivity index (χ3n) is 4.16. The van der Waals surface area contributed by atoms with E-state index in [1.54, 1.807) is 12.1 Å². The molecule has 1 aromatic heterocycles. The van der Waals surface area contributed by atoms with E-state index in [1.807, 2.05) is 4.57 Å². The first-order valence-electron chi connectivity index (χ1n) is 5.98. The molecule has 0 spiro atoms. The van der Waals surface area contributed by atoms with E-state index in [2.05, 4.69) is 31.9 Å². The quantitative estimate of drug-likeness (QED) is 0.526. The minimum absolute atomic E-state index is 0.0971. The number of urea groups is 1. The van der Waals surface area contributed by atoms with Crippen LogP contribution in [-0.2, 0) is 0 Å². The van der Waals surface area contributed by atoms with Gasteiger partial charge in [-0.3, -0.25) is 4.79 Å². The predicted molar refractivity (Wildman–Crippen MR) is 67.4 cm³/mol. The highest BCUT2D eigenvalue weighted by Gasteiger charge is 2.60. The zero-order valence-corrected chi connectivity index (χ0v) is 11.3. The molecule has 3 aliphatic rings. The Kier molecular flexibility index (Phi) is 1.97. The lowest BCUT2D eigenvalue weighted by molar-refractivity contribution is 0.0215. The number of carbonyl (C=O) groups is 2. The van der Waals surface area contributed by atoms with Crippen LogP contribution in [0.15, 0.2) is 16.7 Å². The van der Waals surface area contributed by atoms with Crippen LogP contribution in [0.25, 0.3) is 0 Å². The Morgan fingerprint density at radius 3 is 2.95 bits per heavy atom. The fraction of sp³-hybridized carbons (Fsp3) is 0.455. The van der Waals surface area contributed by atoms with E-state index in [4.69, 9.17) is 0 Å². The molecular formula is C11H11BrN4O3. The summed E-state index contributed by atoms with van der Waals surface area (Å²) in [5, 5.41) is 18.6. The Labute approximate surface area is 116 Å². The number of aromatic nitrogens is 1. The molecule has 4 N–H and O–H groups in total. The average Bonchev–Trinajstić information content (AvgIpc) is 2.91. The summed E-state index contributed by atoms with van der Waals surface area (Å²) >= 11 is 3.42. The highest BCUT2D eigenvalue weighted by Crippen LogP contribution is 2.43. The molecule has 1 saturated carbocycles. The number of nitrogens with zero attached hydrogens (tertiary/aromatic N) is 1. The summed E-state index contributed by atoms with van der Waals surface area (Å²) in [5.41, 5.74) is -0.756. The number of hydrogen-bond acceptors (Lipinski definition) is 3. The molecule has 1 aliphatic carbocycles. The number of aliphatic hydroxyl groups is 1. The van der Waals surface area contributed by atoms with Crippen molar-refractivity contribution in [2.75, 3.05) is 0 Å². The van der Waals surface area contributed by atoms with Crippen LogP contribution in [0, 0.1) is 0 Å². The van der Waals surface area contributed by atoms with Gasteiger partial charge in [-0.15, -0.1) is 0 Å². The Morgan fingerprint density at radius 2 is 2.16 bits per heavy atom. The van der Waals surface area contributed by atoms with Crippen molar-refractivity contribution in [3.05, 3.63) is 22.4 Å². The second-order valence-electron chi connectivity index (χ2n) is 5.18. The van der Waals surface area contributed by atoms with Crippen molar-refractivity contribution in [1.29, 1.82) is 0 Å². The summed E-state index contributed by atoms with van der Waals surface area (Å²) < 4.78 is 2.66. The van der Waals surface area contributed by atoms with Crippen LogP contribution in [0.3, 0.4) is 0 Å². The summed E-state index contributed by atoms with van der Waals surface area (Å²) in [5.74, 6) is -0.197. The summed E-state index contributed by atoms with van der Waals surface area (Å²) in [4.78, 5) is 23.4. The molecule has 19 heavy (non-hydrogen) atoms. The molecule has 0 aromatic carbocycles. The van der Waals surface area contributed by atoms with Crippen molar-refractivity contribution in [3.8, 4) is 0 Å². The minimum Gasteiger partial charge on any atom is -0.369 e. The Bertz CT molecular complexity index is 615. The first kappa shape index (κ1) is 11.3. The molecule has 7 nitrogen and oxygen atoms in total. The highest BCUT2D eigenvalue weighted by molar-refractivity contribution is 9.10. The maximum atomic E-state index is 12.0. The number of hydrogen-bond donors (Lipinski definition) is 4. The average molecular weight is 327 g/mol. The monoisotopic (exact) mass is 326 g/mol. The fourth-order valence-corrected chi connectivity index (χ4v) is 3.99. The van der Waals surface area contributed by atoms with Gasteiger partial charge in [-0.25, -0.2) is 4.79 Å². The number of fused-ring (bicyclic) bond motifs is 5. The molecule has 4 atom stereocenters. The van der Waals surface area contributed by atoms with Gasteiger partial charge < -0.3 is 25.6 Å². The molecular weight excluding hydrogens is 316 g/mol. The fourth-order valence-electron chi connectivity index (χ4n) is 3.41. The molecule has 3 heterocycles. The molecule has 1 saturated heterocycles. The Hall–Kier alpha value is -1.54. The normalized spacial score (nSPS) is 38.9. The van der Waals surface area contributed by atoms with E-state index >= 15 is 0 Å². The van der Waals surface area contributed by atoms with E-state index in [0.717, 1.165) is 4.60 Å². The van der Waals surface area contributed by atoms with Crippen molar-refractivity contribution in [3.63, 3.8) is 0 Å². The number of halogens is 1. The molecule has 2 aliphatic heterocycles. The van der Waals surface area contributed by atoms with Gasteiger partial charge in [-0.2, -0.15) is 0 Å². The number of carbonyl (C=O) groups excluding carboxylic acids is 2. The largest absolute Gasteiger partial charge is 0.369 e. The topological polar surface area (TPSA) is 95.4 Å². The van der Waals surface area contributed by atoms with Gasteiger partial charge in [-0.1, -0.05) is 0 Å². The van der Waals surface area contributed by atoms with Gasteiger partial charge in [0.2, 0.25) is 0 Å². The van der Waals surface area contributed by atoms with Gasteiger partial charge in [0.15, 0.2) is 5.72 Å². The van der Waals surface area contributed by atoms with Crippen LogP contribution < -0.4 is 16.0 Å². The number of nitrogens with one attached hydrogen (secondary N) is 3. The molecule has 0 bridgehead atoms. The smallest absolute Gasteiger partial charge is 0.317 e. The lowest BCUT2D eigenvalue weighted by atomic mass is 10.1. The van der Waals surface area contributed by atoms with E-state index in [1.165, 1.54) is 0 Å². The highest BCUT2D eigenvalue weighted by atomic mass is 79.9. The maximum Gasteiger partial charge on any atom is 0.317 e. The van der Waals surface area contributed by atoms with Gasteiger partial charge in [0, 0.05) is 6.42 Å². The minimum atomic E-state index is -1.31. The molecule has 8 heteroatoms. The van der Waals surface area contributed by atoms with Gasteiger partial charge in [-0.05, 0) is 28.1 Å². The summed E-state index contributed by atoms with van der Waals surface area (Å²) in [6, 6.07) is 2.20. The van der Waals surface area contributed by atoms with Crippen molar-refractivity contribution >= 4 is 27.9 Å². The van der Waals surface area contributed by atoms with E-state index in [-0.39, 0.29) is 18.0 Å². The lowest BCUT2D eigenvalue weighted by Crippen LogP contribution is -2.56. The Morgan fingerprint density at radius 1 is 1.37 bits per heavy atom. The standard InChI is InChI=1S/C11H11BrN4O3/c12-6-2-1-4-9(17)13-7-5(16(4)6)3-11(19)8(7)14-10(18)15-11/h1-2,5,7-8,19H,3H2,(H,13,17)(H2,14,15,18)/t5-,7-,8+,11+/m1/s1. The van der Waals surface area contributed by atoms with Crippen LogP contribution >= 0.6 is 15.9 Å². The second-order valence-corrected chi connectivity index (χ2v) is 5.99. The lowest BCUT2D eigenvalue weighted by Gasteiger charge is -2.32. The third-order valence-corrected chi connectivity index (χ3v) is 4.80. The molecule has 4 rings (SSSR count). The first-order chi connectivity index (χ1) is 8.99. The van der Waals surface area contributed by atoms with Gasteiger partial charge >= 0.3 is 6.03 Å². The molecule has 3 amide bonds. The summed E-state index contributed by atoms with van der Waals surface area (Å²) in [6.45, 7) is 0. The maximum absolute atomic E-state index is 12.0. The van der Waals surface area contributed by atoms with E-state index in [0.29, 0.717) is 12.1 Å². The third kappa shape index (κ3) is 1.30. The zero-order chi connectivity index (χ0) is 13.4. The second kappa shape index (κ2) is 3.31. The van der Waals surface area contributed by atoms with Crippen LogP contribution in [0.1, 0.15) is 23.0 Å². The van der Waals surface area contributed by atoms with Crippen molar-refractivity contribution in [1.82, 2.24) is 20.5 Å². The zero-order valence-electron chi connectivity index (χ0n) is 9.68. The Balaban J connectivity index is 1.83. The van der Waals surface area contributed by atoms with Gasteiger partial charge in [0.05, 0.1) is 16.7 Å². The van der Waals surface area contributed by atoms with Crippen LogP contribution in [0.5, 0.6) is 0 Å². The van der Waals surface area contributed by atoms with Crippen LogP contribution in [0.4, 0.5) is 4.79 Å². The molecule has 2 fully saturated rings. The molecule has 0 unspecified atom stereocenters. The van der Waals surface area contributed by atoms with E-state index < -0.39 is 17.8 Å². The summed E-state index contributed by atoms with van der Waals surface area (Å²) in [7, 11) is 0. The molecule has 100 valence electrons. The summed E-state index contributed by atoms with van der Waals surface area (Å²) in [6.07, 6.45) is 0.349. The van der Waals surface area contributed by atoms with Crippen molar-refractivity contribution < 1.29 is 14.7 Å². The van der Waals surface area contributed by atoms with Crippen LogP contribution in [0.2, 0.25) is 0 Å².